The zero-order chi connectivity index (χ0) is 29.9. The largest absolute Gasteiger partial charge is 0.497 e. The summed E-state index contributed by atoms with van der Waals surface area (Å²) in [6.45, 7) is 5.08. The first-order valence-electron chi connectivity index (χ1n) is 12.4. The van der Waals surface area contributed by atoms with Crippen molar-refractivity contribution in [3.05, 3.63) is 54.1 Å². The van der Waals surface area contributed by atoms with Gasteiger partial charge in [-0.25, -0.2) is 13.2 Å². The minimum Gasteiger partial charge on any atom is -0.497 e. The van der Waals surface area contributed by atoms with Crippen LogP contribution in [0.25, 0.3) is 0 Å². The van der Waals surface area contributed by atoms with Crippen LogP contribution < -0.4 is 14.8 Å². The molecule has 2 aromatic carbocycles. The van der Waals surface area contributed by atoms with Gasteiger partial charge in [0.15, 0.2) is 0 Å². The molecule has 0 aliphatic carbocycles. The van der Waals surface area contributed by atoms with Gasteiger partial charge in [-0.15, -0.1) is 0 Å². The molecule has 2 N–H and O–H groups in total. The molecule has 14 heteroatoms. The minimum atomic E-state index is -5.08. The maximum atomic E-state index is 13.8. The zero-order valence-electron chi connectivity index (χ0n) is 22.5. The van der Waals surface area contributed by atoms with Crippen molar-refractivity contribution in [2.75, 3.05) is 53.5 Å². The molecule has 1 fully saturated rings. The third kappa shape index (κ3) is 9.38. The molecule has 0 spiro atoms. The number of ether oxygens (including phenoxy) is 2. The number of carboxylic acids is 1. The number of nitrogens with zero attached hydrogens (tertiary/aromatic N) is 2. The van der Waals surface area contributed by atoms with Crippen molar-refractivity contribution < 1.29 is 45.8 Å². The summed E-state index contributed by atoms with van der Waals surface area (Å²) in [6, 6.07) is 14.5. The van der Waals surface area contributed by atoms with Crippen molar-refractivity contribution in [2.45, 2.75) is 30.3 Å². The molecule has 0 bridgehead atoms. The molecule has 10 nitrogen and oxygen atoms in total. The monoisotopic (exact) mass is 589 g/mol. The van der Waals surface area contributed by atoms with E-state index in [4.69, 9.17) is 19.4 Å². The molecule has 1 amide bonds. The molecule has 1 atom stereocenters. The topological polar surface area (TPSA) is 125 Å². The van der Waals surface area contributed by atoms with E-state index in [2.05, 4.69) is 5.32 Å². The van der Waals surface area contributed by atoms with E-state index < -0.39 is 22.2 Å². The highest BCUT2D eigenvalue weighted by atomic mass is 32.2. The van der Waals surface area contributed by atoms with Gasteiger partial charge in [0.05, 0.1) is 14.2 Å². The van der Waals surface area contributed by atoms with E-state index in [1.807, 2.05) is 37.3 Å². The molecule has 222 valence electrons. The fourth-order valence-electron chi connectivity index (χ4n) is 3.92. The van der Waals surface area contributed by atoms with Crippen molar-refractivity contribution in [1.82, 2.24) is 14.5 Å². The molecule has 0 radical (unpaired) electrons. The first kappa shape index (κ1) is 32.8. The summed E-state index contributed by atoms with van der Waals surface area (Å²) in [5.41, 5.74) is 1.03. The van der Waals surface area contributed by atoms with Crippen molar-refractivity contribution >= 4 is 21.9 Å². The average Bonchev–Trinajstić information content (AvgIpc) is 2.95. The number of nitrogens with one attached hydrogen (secondary N) is 1. The predicted octanol–water partition coefficient (Wildman–Crippen LogP) is 2.95. The predicted molar refractivity (Wildman–Crippen MR) is 141 cm³/mol. The average molecular weight is 590 g/mol. The van der Waals surface area contributed by atoms with Crippen LogP contribution in [0.3, 0.4) is 0 Å². The highest BCUT2D eigenvalue weighted by Gasteiger charge is 2.38. The van der Waals surface area contributed by atoms with Crippen LogP contribution in [-0.2, 0) is 19.6 Å². The molecule has 1 aliphatic heterocycles. The first-order chi connectivity index (χ1) is 18.8. The lowest BCUT2D eigenvalue weighted by molar-refractivity contribution is -0.192. The van der Waals surface area contributed by atoms with Gasteiger partial charge in [0.1, 0.15) is 16.4 Å². The number of piperazine rings is 1. The lowest BCUT2D eigenvalue weighted by atomic mass is 10.0. The van der Waals surface area contributed by atoms with Crippen LogP contribution in [0.15, 0.2) is 53.4 Å². The van der Waals surface area contributed by atoms with E-state index in [-0.39, 0.29) is 42.0 Å². The van der Waals surface area contributed by atoms with E-state index in [9.17, 15) is 26.4 Å². The number of carbonyl (C=O) groups excluding carboxylic acids is 1. The minimum absolute atomic E-state index is 0.0271. The summed E-state index contributed by atoms with van der Waals surface area (Å²) < 4.78 is 71.3. The number of alkyl halides is 3. The number of hydrogen-bond acceptors (Lipinski definition) is 7. The van der Waals surface area contributed by atoms with Gasteiger partial charge < -0.3 is 24.8 Å². The maximum Gasteiger partial charge on any atom is 0.490 e. The summed E-state index contributed by atoms with van der Waals surface area (Å²) in [4.78, 5) is 23.5. The number of rotatable bonds is 10. The van der Waals surface area contributed by atoms with Gasteiger partial charge in [0.2, 0.25) is 15.9 Å². The molecule has 1 aliphatic rings. The Morgan fingerprint density at radius 2 is 1.68 bits per heavy atom. The van der Waals surface area contributed by atoms with Gasteiger partial charge in [-0.3, -0.25) is 4.79 Å². The number of benzene rings is 2. The Labute approximate surface area is 231 Å². The zero-order valence-corrected chi connectivity index (χ0v) is 23.3. The molecule has 1 heterocycles. The van der Waals surface area contributed by atoms with Crippen LogP contribution in [0.2, 0.25) is 0 Å². The normalized spacial score (nSPS) is 14.6. The lowest BCUT2D eigenvalue weighted by Gasteiger charge is -2.30. The lowest BCUT2D eigenvalue weighted by Crippen LogP contribution is -2.47. The number of sulfonamides is 1. The molecular weight excluding hydrogens is 555 g/mol. The molecule has 1 unspecified atom stereocenters. The summed E-state index contributed by atoms with van der Waals surface area (Å²) in [7, 11) is -1.04. The Morgan fingerprint density at radius 3 is 2.20 bits per heavy atom. The second-order valence-electron chi connectivity index (χ2n) is 8.88. The van der Waals surface area contributed by atoms with Crippen LogP contribution in [0.1, 0.15) is 24.8 Å². The Bertz CT molecular complexity index is 1220. The fraction of sp³-hybridized carbons (Fsp3) is 0.462. The first-order valence-corrected chi connectivity index (χ1v) is 13.8. The molecule has 40 heavy (non-hydrogen) atoms. The number of carboxylic acid groups (broad SMARTS) is 1. The fourth-order valence-corrected chi connectivity index (χ4v) is 5.62. The van der Waals surface area contributed by atoms with Crippen LogP contribution in [0.5, 0.6) is 11.5 Å². The quantitative estimate of drug-likeness (QED) is 0.434. The summed E-state index contributed by atoms with van der Waals surface area (Å²) >= 11 is 0. The molecule has 1 saturated heterocycles. The van der Waals surface area contributed by atoms with Gasteiger partial charge in [-0.05, 0) is 23.6 Å². The Morgan fingerprint density at radius 1 is 1.07 bits per heavy atom. The van der Waals surface area contributed by atoms with Gasteiger partial charge in [0.25, 0.3) is 0 Å². The van der Waals surface area contributed by atoms with Gasteiger partial charge >= 0.3 is 12.1 Å². The van der Waals surface area contributed by atoms with Crippen LogP contribution in [0, 0.1) is 0 Å². The van der Waals surface area contributed by atoms with E-state index >= 15 is 0 Å². The van der Waals surface area contributed by atoms with Crippen molar-refractivity contribution in [3.8, 4) is 11.5 Å². The Kier molecular flexibility index (Phi) is 12.2. The van der Waals surface area contributed by atoms with E-state index in [0.717, 1.165) is 18.7 Å². The van der Waals surface area contributed by atoms with E-state index in [1.165, 1.54) is 24.6 Å². The second-order valence-corrected chi connectivity index (χ2v) is 10.8. The number of carbonyl (C=O) groups is 2. The van der Waals surface area contributed by atoms with Gasteiger partial charge in [-0.1, -0.05) is 37.3 Å². The Balaban J connectivity index is 0.000000708. The number of hydrogen-bond donors (Lipinski definition) is 2. The van der Waals surface area contributed by atoms with Crippen molar-refractivity contribution in [2.24, 2.45) is 0 Å². The number of halogens is 3. The van der Waals surface area contributed by atoms with Gasteiger partial charge in [0, 0.05) is 51.8 Å². The van der Waals surface area contributed by atoms with Crippen LogP contribution in [0.4, 0.5) is 13.2 Å². The van der Waals surface area contributed by atoms with Crippen molar-refractivity contribution in [1.29, 1.82) is 0 Å². The molecular formula is C26H34F3N3O7S. The van der Waals surface area contributed by atoms with Gasteiger partial charge in [-0.2, -0.15) is 17.5 Å². The maximum absolute atomic E-state index is 13.8. The smallest absolute Gasteiger partial charge is 0.490 e. The van der Waals surface area contributed by atoms with Crippen LogP contribution in [-0.4, -0.2) is 94.3 Å². The SMILES string of the molecule is COc1ccc(OC)c(S(=O)(=O)N(CCC(=O)N2CCNCC2)CC(C)c2ccccc2)c1.O=C(O)C(F)(F)F. The molecule has 2 aromatic rings. The Hall–Kier alpha value is -3.36. The summed E-state index contributed by atoms with van der Waals surface area (Å²) in [5, 5.41) is 10.3. The third-order valence-corrected chi connectivity index (χ3v) is 8.01. The molecule has 0 saturated carbocycles. The summed E-state index contributed by atoms with van der Waals surface area (Å²) in [6.07, 6.45) is -4.97. The van der Waals surface area contributed by atoms with E-state index in [0.29, 0.717) is 18.8 Å². The summed E-state index contributed by atoms with van der Waals surface area (Å²) in [5.74, 6) is -2.20. The standard InChI is InChI=1S/C24H33N3O5S.C2HF3O2/c1-19(20-7-5-4-6-8-20)18-27(14-11-24(28)26-15-12-25-13-16-26)33(29,30)23-17-21(31-2)9-10-22(23)32-3;3-2(4,5)1(6)7/h4-10,17,19,25H,11-16,18H2,1-3H3;(H,6,7). The van der Waals surface area contributed by atoms with Crippen LogP contribution >= 0.6 is 0 Å². The number of aliphatic carboxylic acids is 1. The highest BCUT2D eigenvalue weighted by molar-refractivity contribution is 7.89. The van der Waals surface area contributed by atoms with E-state index in [1.54, 1.807) is 17.0 Å². The highest BCUT2D eigenvalue weighted by Crippen LogP contribution is 2.32. The third-order valence-electron chi connectivity index (χ3n) is 6.12. The number of amides is 1. The molecule has 3 rings (SSSR count). The van der Waals surface area contributed by atoms with Crippen molar-refractivity contribution in [3.63, 3.8) is 0 Å². The second kappa shape index (κ2) is 14.9. The molecule has 0 aromatic heterocycles. The number of methoxy groups -OCH3 is 2.